The minimum atomic E-state index is -3.63. The summed E-state index contributed by atoms with van der Waals surface area (Å²) in [7, 11) is -3.63. The molecule has 7 heteroatoms. The Balaban J connectivity index is 1.93. The lowest BCUT2D eigenvalue weighted by Crippen LogP contribution is -2.41. The summed E-state index contributed by atoms with van der Waals surface area (Å²) in [4.78, 5) is 0.0296. The zero-order valence-corrected chi connectivity index (χ0v) is 13.2. The maximum atomic E-state index is 12.7. The molecule has 0 aliphatic carbocycles. The maximum absolute atomic E-state index is 12.7. The number of sulfonamides is 1. The molecule has 2 aliphatic rings. The number of halogens is 2. The van der Waals surface area contributed by atoms with Crippen LogP contribution in [0.4, 0.5) is 0 Å². The van der Waals surface area contributed by atoms with Gasteiger partial charge in [0.15, 0.2) is 0 Å². The van der Waals surface area contributed by atoms with Crippen LogP contribution in [0.1, 0.15) is 12.8 Å². The molecule has 0 bridgehead atoms. The van der Waals surface area contributed by atoms with E-state index in [0.29, 0.717) is 19.0 Å². The van der Waals surface area contributed by atoms with Crippen LogP contribution in [0.15, 0.2) is 23.1 Å². The van der Waals surface area contributed by atoms with E-state index in [1.165, 1.54) is 4.31 Å². The molecule has 0 amide bonds. The Bertz CT molecular complexity index is 587. The van der Waals surface area contributed by atoms with Crippen molar-refractivity contribution in [1.82, 2.24) is 9.62 Å². The molecule has 0 aromatic heterocycles. The minimum absolute atomic E-state index is 0.0296. The van der Waals surface area contributed by atoms with Crippen molar-refractivity contribution in [2.75, 3.05) is 19.6 Å². The molecule has 2 saturated heterocycles. The monoisotopic (exact) mass is 334 g/mol. The van der Waals surface area contributed by atoms with Gasteiger partial charge in [-0.15, -0.1) is 0 Å². The van der Waals surface area contributed by atoms with Gasteiger partial charge in [0, 0.05) is 19.1 Å². The van der Waals surface area contributed by atoms with E-state index in [2.05, 4.69) is 5.32 Å². The molecule has 2 fully saturated rings. The lowest BCUT2D eigenvalue weighted by atomic mass is 9.94. The molecule has 1 aromatic carbocycles. The van der Waals surface area contributed by atoms with Crippen LogP contribution in [0.25, 0.3) is 0 Å². The summed E-state index contributed by atoms with van der Waals surface area (Å²) in [5.41, 5.74) is 0. The predicted molar refractivity (Wildman–Crippen MR) is 79.7 cm³/mol. The molecule has 1 aromatic rings. The molecule has 1 N–H and O–H groups in total. The SMILES string of the molecule is O=S(=O)(c1c(Cl)cccc1Cl)N1C[C@@H]2CCCN[C@@H]2C1. The van der Waals surface area contributed by atoms with E-state index in [-0.39, 0.29) is 21.0 Å². The van der Waals surface area contributed by atoms with E-state index < -0.39 is 10.0 Å². The van der Waals surface area contributed by atoms with Crippen LogP contribution < -0.4 is 5.32 Å². The number of benzene rings is 1. The van der Waals surface area contributed by atoms with Gasteiger partial charge in [-0.25, -0.2) is 8.42 Å². The average Bonchev–Trinajstić information content (AvgIpc) is 2.82. The standard InChI is InChI=1S/C13H16Cl2N2O2S/c14-10-4-1-5-11(15)13(10)20(18,19)17-7-9-3-2-6-16-12(9)8-17/h1,4-5,9,12,16H,2-3,6-8H2/t9-,12+/m0/s1. The lowest BCUT2D eigenvalue weighted by Gasteiger charge is -2.24. The summed E-state index contributed by atoms with van der Waals surface area (Å²) in [6.45, 7) is 2.00. The van der Waals surface area contributed by atoms with Crippen molar-refractivity contribution >= 4 is 33.2 Å². The molecule has 3 rings (SSSR count). The molecule has 4 nitrogen and oxygen atoms in total. The van der Waals surface area contributed by atoms with Gasteiger partial charge >= 0.3 is 0 Å². The average molecular weight is 335 g/mol. The van der Waals surface area contributed by atoms with Crippen LogP contribution in [0.3, 0.4) is 0 Å². The van der Waals surface area contributed by atoms with Gasteiger partial charge in [0.05, 0.1) is 10.0 Å². The van der Waals surface area contributed by atoms with Crippen molar-refractivity contribution in [3.8, 4) is 0 Å². The number of rotatable bonds is 2. The number of nitrogens with one attached hydrogen (secondary N) is 1. The first-order valence-electron chi connectivity index (χ1n) is 6.67. The minimum Gasteiger partial charge on any atom is -0.312 e. The third kappa shape index (κ3) is 2.46. The zero-order chi connectivity index (χ0) is 14.3. The van der Waals surface area contributed by atoms with E-state index in [1.807, 2.05) is 0 Å². The predicted octanol–water partition coefficient (Wildman–Crippen LogP) is 2.37. The summed E-state index contributed by atoms with van der Waals surface area (Å²) in [6, 6.07) is 5.01. The molecule has 0 saturated carbocycles. The molecule has 2 aliphatic heterocycles. The molecule has 2 heterocycles. The van der Waals surface area contributed by atoms with Gasteiger partial charge in [0.2, 0.25) is 10.0 Å². The van der Waals surface area contributed by atoms with Gasteiger partial charge in [-0.2, -0.15) is 4.31 Å². The van der Waals surface area contributed by atoms with Crippen LogP contribution in [-0.4, -0.2) is 38.4 Å². The molecule has 0 radical (unpaired) electrons. The Morgan fingerprint density at radius 3 is 2.55 bits per heavy atom. The zero-order valence-electron chi connectivity index (χ0n) is 10.9. The summed E-state index contributed by atoms with van der Waals surface area (Å²) >= 11 is 12.1. The van der Waals surface area contributed by atoms with Crippen LogP contribution in [0.5, 0.6) is 0 Å². The highest BCUT2D eigenvalue weighted by Gasteiger charge is 2.41. The number of piperidine rings is 1. The van der Waals surface area contributed by atoms with Crippen LogP contribution in [0, 0.1) is 5.92 Å². The Hall–Kier alpha value is -0.330. The van der Waals surface area contributed by atoms with Crippen molar-refractivity contribution in [3.05, 3.63) is 28.2 Å². The summed E-state index contributed by atoms with van der Waals surface area (Å²) < 4.78 is 27.0. The Morgan fingerprint density at radius 2 is 1.90 bits per heavy atom. The molecule has 20 heavy (non-hydrogen) atoms. The fourth-order valence-electron chi connectivity index (χ4n) is 3.06. The number of nitrogens with zero attached hydrogens (tertiary/aromatic N) is 1. The normalized spacial score (nSPS) is 27.5. The largest absolute Gasteiger partial charge is 0.312 e. The third-order valence-corrected chi connectivity index (χ3v) is 6.87. The molecular weight excluding hydrogens is 319 g/mol. The van der Waals surface area contributed by atoms with Crippen LogP contribution in [0.2, 0.25) is 10.0 Å². The second-order valence-corrected chi connectivity index (χ2v) is 8.02. The number of hydrogen-bond donors (Lipinski definition) is 1. The van der Waals surface area contributed by atoms with Gasteiger partial charge in [0.25, 0.3) is 0 Å². The van der Waals surface area contributed by atoms with Gasteiger partial charge in [0.1, 0.15) is 4.90 Å². The van der Waals surface area contributed by atoms with Crippen molar-refractivity contribution in [2.24, 2.45) is 5.92 Å². The summed E-state index contributed by atoms with van der Waals surface area (Å²) in [6.07, 6.45) is 2.17. The van der Waals surface area contributed by atoms with Gasteiger partial charge in [-0.05, 0) is 37.4 Å². The second kappa shape index (κ2) is 5.46. The fourth-order valence-corrected chi connectivity index (χ4v) is 5.68. The van der Waals surface area contributed by atoms with Crippen LogP contribution >= 0.6 is 23.2 Å². The maximum Gasteiger partial charge on any atom is 0.246 e. The summed E-state index contributed by atoms with van der Waals surface area (Å²) in [5.74, 6) is 0.389. The highest BCUT2D eigenvalue weighted by molar-refractivity contribution is 7.89. The van der Waals surface area contributed by atoms with Crippen molar-refractivity contribution in [2.45, 2.75) is 23.8 Å². The number of hydrogen-bond acceptors (Lipinski definition) is 3. The van der Waals surface area contributed by atoms with Gasteiger partial charge in [-0.1, -0.05) is 29.3 Å². The van der Waals surface area contributed by atoms with Gasteiger partial charge in [-0.3, -0.25) is 0 Å². The molecule has 0 spiro atoms. The quantitative estimate of drug-likeness (QED) is 0.903. The van der Waals surface area contributed by atoms with Crippen LogP contribution in [-0.2, 0) is 10.0 Å². The molecule has 2 atom stereocenters. The van der Waals surface area contributed by atoms with Crippen molar-refractivity contribution in [1.29, 1.82) is 0 Å². The first-order valence-corrected chi connectivity index (χ1v) is 8.87. The Labute approximate surface area is 129 Å². The van der Waals surface area contributed by atoms with Crippen molar-refractivity contribution in [3.63, 3.8) is 0 Å². The first kappa shape index (κ1) is 14.6. The van der Waals surface area contributed by atoms with E-state index in [9.17, 15) is 8.42 Å². The van der Waals surface area contributed by atoms with Gasteiger partial charge < -0.3 is 5.32 Å². The van der Waals surface area contributed by atoms with E-state index in [4.69, 9.17) is 23.2 Å². The highest BCUT2D eigenvalue weighted by atomic mass is 35.5. The van der Waals surface area contributed by atoms with E-state index in [1.54, 1.807) is 18.2 Å². The van der Waals surface area contributed by atoms with Crippen molar-refractivity contribution < 1.29 is 8.42 Å². The van der Waals surface area contributed by atoms with E-state index in [0.717, 1.165) is 19.4 Å². The Kier molecular flexibility index (Phi) is 3.99. The Morgan fingerprint density at radius 1 is 1.20 bits per heavy atom. The third-order valence-electron chi connectivity index (χ3n) is 4.08. The smallest absolute Gasteiger partial charge is 0.246 e. The topological polar surface area (TPSA) is 49.4 Å². The van der Waals surface area contributed by atoms with E-state index >= 15 is 0 Å². The fraction of sp³-hybridized carbons (Fsp3) is 0.538. The molecule has 110 valence electrons. The lowest BCUT2D eigenvalue weighted by molar-refractivity contribution is 0.339. The molecular formula is C13H16Cl2N2O2S. The second-order valence-electron chi connectivity index (χ2n) is 5.34. The summed E-state index contributed by atoms with van der Waals surface area (Å²) in [5, 5.41) is 3.75. The first-order chi connectivity index (χ1) is 9.50. The highest BCUT2D eigenvalue weighted by Crippen LogP contribution is 2.35. The number of fused-ring (bicyclic) bond motifs is 1. The molecule has 0 unspecified atom stereocenters.